The summed E-state index contributed by atoms with van der Waals surface area (Å²) in [5.41, 5.74) is 5.41. The van der Waals surface area contributed by atoms with E-state index < -0.39 is 15.1 Å². The second-order valence-electron chi connectivity index (χ2n) is 3.67. The molecular weight excluding hydrogens is 252 g/mol. The smallest absolute Gasteiger partial charge is 0.227 e. The van der Waals surface area contributed by atoms with Crippen LogP contribution in [0, 0.1) is 0 Å². The van der Waals surface area contributed by atoms with Gasteiger partial charge in [-0.15, -0.1) is 0 Å². The van der Waals surface area contributed by atoms with Gasteiger partial charge in [0.2, 0.25) is 11.2 Å². The van der Waals surface area contributed by atoms with E-state index in [1.807, 2.05) is 0 Å². The summed E-state index contributed by atoms with van der Waals surface area (Å²) in [5, 5.41) is -0.757. The largest absolute Gasteiger partial charge is 0.368 e. The predicted molar refractivity (Wildman–Crippen MR) is 59.6 cm³/mol. The number of nitrogen functional groups attached to an aromatic ring is 1. The van der Waals surface area contributed by atoms with Crippen LogP contribution in [0.2, 0.25) is 5.28 Å². The van der Waals surface area contributed by atoms with E-state index in [2.05, 4.69) is 15.0 Å². The summed E-state index contributed by atoms with van der Waals surface area (Å²) in [6.45, 7) is 0. The average molecular weight is 263 g/mol. The van der Waals surface area contributed by atoms with Gasteiger partial charge in [0.15, 0.2) is 15.7 Å². The normalized spacial score (nSPS) is 24.2. The van der Waals surface area contributed by atoms with Gasteiger partial charge in [-0.2, -0.15) is 9.97 Å². The molecule has 0 spiro atoms. The second-order valence-corrected chi connectivity index (χ2v) is 6.31. The topological polar surface area (TPSA) is 98.8 Å². The lowest BCUT2D eigenvalue weighted by atomic mass is 10.2. The van der Waals surface area contributed by atoms with Gasteiger partial charge in [-0.3, -0.25) is 0 Å². The lowest BCUT2D eigenvalue weighted by Gasteiger charge is -2.20. The van der Waals surface area contributed by atoms with Crippen LogP contribution in [0.4, 0.5) is 5.95 Å². The van der Waals surface area contributed by atoms with Crippen molar-refractivity contribution < 1.29 is 8.42 Å². The van der Waals surface area contributed by atoms with E-state index in [0.717, 1.165) is 6.42 Å². The first-order valence-electron chi connectivity index (χ1n) is 4.87. The fourth-order valence-corrected chi connectivity index (χ4v) is 3.79. The number of hydrogen-bond donors (Lipinski definition) is 1. The standard InChI is InChI=1S/C8H11ClN4O2S/c9-7-11-6(12-8(10)13-7)5-3-1-2-4-16(5,14)15/h5H,1-4H2,(H2,10,11,12,13). The Morgan fingerprint density at radius 2 is 2.00 bits per heavy atom. The van der Waals surface area contributed by atoms with Gasteiger partial charge >= 0.3 is 0 Å². The third-order valence-corrected chi connectivity index (χ3v) is 4.85. The number of sulfone groups is 1. The zero-order chi connectivity index (χ0) is 11.8. The van der Waals surface area contributed by atoms with Crippen molar-refractivity contribution in [3.8, 4) is 0 Å². The summed E-state index contributed by atoms with van der Waals surface area (Å²) in [5.74, 6) is 0.286. The molecule has 0 aliphatic carbocycles. The lowest BCUT2D eigenvalue weighted by molar-refractivity contribution is 0.538. The van der Waals surface area contributed by atoms with E-state index in [4.69, 9.17) is 17.3 Å². The minimum absolute atomic E-state index is 0.0456. The summed E-state index contributed by atoms with van der Waals surface area (Å²) < 4.78 is 23.6. The van der Waals surface area contributed by atoms with Gasteiger partial charge in [0, 0.05) is 0 Å². The molecule has 16 heavy (non-hydrogen) atoms. The van der Waals surface area contributed by atoms with Crippen LogP contribution in [0.25, 0.3) is 0 Å². The molecule has 1 aromatic heterocycles. The second kappa shape index (κ2) is 4.14. The van der Waals surface area contributed by atoms with E-state index in [9.17, 15) is 8.42 Å². The molecule has 2 rings (SSSR count). The van der Waals surface area contributed by atoms with E-state index >= 15 is 0 Å². The Hall–Kier alpha value is -0.950. The van der Waals surface area contributed by atoms with Crippen LogP contribution in [0.3, 0.4) is 0 Å². The van der Waals surface area contributed by atoms with Gasteiger partial charge in [0.25, 0.3) is 0 Å². The highest BCUT2D eigenvalue weighted by atomic mass is 35.5. The quantitative estimate of drug-likeness (QED) is 0.802. The zero-order valence-electron chi connectivity index (χ0n) is 8.43. The molecule has 1 aromatic rings. The number of halogens is 1. The van der Waals surface area contributed by atoms with Crippen molar-refractivity contribution in [1.29, 1.82) is 0 Å². The van der Waals surface area contributed by atoms with Crippen molar-refractivity contribution in [2.24, 2.45) is 0 Å². The first-order chi connectivity index (χ1) is 7.49. The van der Waals surface area contributed by atoms with Gasteiger partial charge < -0.3 is 5.73 Å². The van der Waals surface area contributed by atoms with Gasteiger partial charge in [-0.25, -0.2) is 13.4 Å². The number of rotatable bonds is 1. The molecule has 1 atom stereocenters. The summed E-state index contributed by atoms with van der Waals surface area (Å²) in [6, 6.07) is 0. The third kappa shape index (κ3) is 2.25. The van der Waals surface area contributed by atoms with E-state index in [1.165, 1.54) is 0 Å². The number of nitrogens with zero attached hydrogens (tertiary/aromatic N) is 3. The van der Waals surface area contributed by atoms with Gasteiger partial charge in [-0.05, 0) is 24.4 Å². The highest BCUT2D eigenvalue weighted by Gasteiger charge is 2.33. The van der Waals surface area contributed by atoms with Gasteiger partial charge in [0.1, 0.15) is 5.25 Å². The Labute approximate surface area is 98.2 Å². The van der Waals surface area contributed by atoms with Crippen LogP contribution in [-0.2, 0) is 9.84 Å². The first kappa shape index (κ1) is 11.5. The maximum Gasteiger partial charge on any atom is 0.227 e. The number of hydrogen-bond acceptors (Lipinski definition) is 6. The van der Waals surface area contributed by atoms with Crippen LogP contribution in [0.5, 0.6) is 0 Å². The molecule has 0 aromatic carbocycles. The van der Waals surface area contributed by atoms with Crippen molar-refractivity contribution in [3.63, 3.8) is 0 Å². The Bertz CT molecular complexity index is 485. The highest BCUT2D eigenvalue weighted by Crippen LogP contribution is 2.31. The molecule has 1 unspecified atom stereocenters. The SMILES string of the molecule is Nc1nc(Cl)nc(C2CCCCS2(=O)=O)n1. The maximum atomic E-state index is 11.8. The summed E-state index contributed by atoms with van der Waals surface area (Å²) in [7, 11) is -3.18. The van der Waals surface area contributed by atoms with Crippen LogP contribution in [-0.4, -0.2) is 29.1 Å². The molecule has 0 bridgehead atoms. The van der Waals surface area contributed by atoms with Crippen LogP contribution >= 0.6 is 11.6 Å². The van der Waals surface area contributed by atoms with Crippen LogP contribution < -0.4 is 5.73 Å². The number of aromatic nitrogens is 3. The Balaban J connectivity index is 2.43. The number of nitrogens with two attached hydrogens (primary N) is 1. The van der Waals surface area contributed by atoms with E-state index in [0.29, 0.717) is 12.8 Å². The Morgan fingerprint density at radius 3 is 2.62 bits per heavy atom. The molecule has 1 saturated heterocycles. The summed E-state index contributed by atoms with van der Waals surface area (Å²) in [4.78, 5) is 11.3. The van der Waals surface area contributed by atoms with Crippen molar-refractivity contribution in [1.82, 2.24) is 15.0 Å². The molecule has 1 aliphatic rings. The van der Waals surface area contributed by atoms with Crippen LogP contribution in [0.15, 0.2) is 0 Å². The average Bonchev–Trinajstić information content (AvgIpc) is 2.15. The van der Waals surface area contributed by atoms with Crippen molar-refractivity contribution >= 4 is 27.4 Å². The van der Waals surface area contributed by atoms with Crippen LogP contribution in [0.1, 0.15) is 30.3 Å². The summed E-state index contributed by atoms with van der Waals surface area (Å²) in [6.07, 6.45) is 2.04. The van der Waals surface area contributed by atoms with Crippen molar-refractivity contribution in [2.75, 3.05) is 11.5 Å². The Kier molecular flexibility index (Phi) is 2.98. The lowest BCUT2D eigenvalue weighted by Crippen LogP contribution is -2.24. The van der Waals surface area contributed by atoms with Gasteiger partial charge in [0.05, 0.1) is 5.75 Å². The molecular formula is C8H11ClN4O2S. The summed E-state index contributed by atoms with van der Waals surface area (Å²) >= 11 is 5.63. The van der Waals surface area contributed by atoms with Gasteiger partial charge in [-0.1, -0.05) is 6.42 Å². The molecule has 1 fully saturated rings. The van der Waals surface area contributed by atoms with E-state index in [-0.39, 0.29) is 22.8 Å². The molecule has 8 heteroatoms. The molecule has 0 amide bonds. The molecule has 6 nitrogen and oxygen atoms in total. The maximum absolute atomic E-state index is 11.8. The molecule has 88 valence electrons. The molecule has 2 heterocycles. The highest BCUT2D eigenvalue weighted by molar-refractivity contribution is 7.91. The predicted octanol–water partition coefficient (Wildman–Crippen LogP) is 0.747. The first-order valence-corrected chi connectivity index (χ1v) is 6.97. The van der Waals surface area contributed by atoms with E-state index in [1.54, 1.807) is 0 Å². The molecule has 1 aliphatic heterocycles. The monoisotopic (exact) mass is 262 g/mol. The van der Waals surface area contributed by atoms with Crippen molar-refractivity contribution in [2.45, 2.75) is 24.5 Å². The fourth-order valence-electron chi connectivity index (χ4n) is 1.77. The zero-order valence-corrected chi connectivity index (χ0v) is 10.00. The van der Waals surface area contributed by atoms with Crippen molar-refractivity contribution in [3.05, 3.63) is 11.1 Å². The third-order valence-electron chi connectivity index (χ3n) is 2.51. The fraction of sp³-hybridized carbons (Fsp3) is 0.625. The molecule has 2 N–H and O–H groups in total. The minimum atomic E-state index is -3.18. The number of anilines is 1. The Morgan fingerprint density at radius 1 is 1.25 bits per heavy atom. The molecule has 0 saturated carbocycles. The minimum Gasteiger partial charge on any atom is -0.368 e. The molecule has 0 radical (unpaired) electrons.